The van der Waals surface area contributed by atoms with Gasteiger partial charge in [-0.15, -0.1) is 11.3 Å². The highest BCUT2D eigenvalue weighted by Gasteiger charge is 2.11. The number of carbonyl (C=O) groups is 1. The molecule has 1 heterocycles. The molecule has 5 heteroatoms. The Morgan fingerprint density at radius 1 is 1.38 bits per heavy atom. The molecule has 0 aliphatic heterocycles. The highest BCUT2D eigenvalue weighted by molar-refractivity contribution is 7.11. The van der Waals surface area contributed by atoms with Crippen LogP contribution in [0.1, 0.15) is 32.9 Å². The van der Waals surface area contributed by atoms with E-state index in [1.807, 2.05) is 12.1 Å². The minimum atomic E-state index is -0.114. The Kier molecular flexibility index (Phi) is 5.33. The van der Waals surface area contributed by atoms with Crippen molar-refractivity contribution in [3.05, 3.63) is 45.4 Å². The molecular weight excluding hydrogens is 284 g/mol. The van der Waals surface area contributed by atoms with Gasteiger partial charge in [0.25, 0.3) is 5.91 Å². The minimum Gasteiger partial charge on any atom is -0.496 e. The number of aromatic nitrogens is 1. The Balaban J connectivity index is 1.92. The summed E-state index contributed by atoms with van der Waals surface area (Å²) >= 11 is 1.71. The van der Waals surface area contributed by atoms with E-state index in [1.54, 1.807) is 30.6 Å². The van der Waals surface area contributed by atoms with Crippen molar-refractivity contribution in [2.45, 2.75) is 26.7 Å². The fourth-order valence-electron chi connectivity index (χ4n) is 2.13. The van der Waals surface area contributed by atoms with Gasteiger partial charge in [0, 0.05) is 17.8 Å². The first kappa shape index (κ1) is 15.5. The van der Waals surface area contributed by atoms with Gasteiger partial charge >= 0.3 is 0 Å². The van der Waals surface area contributed by atoms with E-state index in [0.29, 0.717) is 17.9 Å². The molecule has 0 aliphatic carbocycles. The first-order valence-electron chi connectivity index (χ1n) is 7.02. The molecule has 0 radical (unpaired) electrons. The van der Waals surface area contributed by atoms with Gasteiger partial charge in [0.15, 0.2) is 0 Å². The van der Waals surface area contributed by atoms with E-state index < -0.39 is 0 Å². The second kappa shape index (κ2) is 7.22. The molecule has 0 unspecified atom stereocenters. The Morgan fingerprint density at radius 3 is 2.81 bits per heavy atom. The van der Waals surface area contributed by atoms with Crippen LogP contribution in [-0.2, 0) is 12.8 Å². The zero-order valence-corrected chi connectivity index (χ0v) is 13.4. The first-order chi connectivity index (χ1) is 10.2. The number of benzene rings is 1. The predicted molar refractivity (Wildman–Crippen MR) is 85.3 cm³/mol. The summed E-state index contributed by atoms with van der Waals surface area (Å²) in [6, 6.07) is 7.22. The number of ether oxygens (including phenoxy) is 1. The topological polar surface area (TPSA) is 51.2 Å². The Labute approximate surface area is 129 Å². The van der Waals surface area contributed by atoms with Crippen LogP contribution in [0.2, 0.25) is 0 Å². The lowest BCUT2D eigenvalue weighted by atomic mass is 10.2. The normalized spacial score (nSPS) is 10.4. The highest BCUT2D eigenvalue weighted by Crippen LogP contribution is 2.19. The van der Waals surface area contributed by atoms with Gasteiger partial charge in [-0.3, -0.25) is 4.79 Å². The van der Waals surface area contributed by atoms with Crippen LogP contribution >= 0.6 is 11.3 Å². The summed E-state index contributed by atoms with van der Waals surface area (Å²) in [5.74, 6) is 0.477. The van der Waals surface area contributed by atoms with Crippen molar-refractivity contribution < 1.29 is 9.53 Å². The van der Waals surface area contributed by atoms with Crippen LogP contribution in [0.3, 0.4) is 0 Å². The molecule has 4 nitrogen and oxygen atoms in total. The monoisotopic (exact) mass is 304 g/mol. The number of hydrogen-bond acceptors (Lipinski definition) is 4. The van der Waals surface area contributed by atoms with E-state index in [9.17, 15) is 4.79 Å². The zero-order valence-electron chi connectivity index (χ0n) is 12.6. The molecule has 0 fully saturated rings. The number of nitrogens with zero attached hydrogens (tertiary/aromatic N) is 1. The van der Waals surface area contributed by atoms with Crippen LogP contribution in [-0.4, -0.2) is 24.5 Å². The molecule has 1 aromatic carbocycles. The van der Waals surface area contributed by atoms with Gasteiger partial charge < -0.3 is 10.1 Å². The Bertz CT molecular complexity index is 622. The van der Waals surface area contributed by atoms with Crippen LogP contribution in [0.5, 0.6) is 5.75 Å². The van der Waals surface area contributed by atoms with Crippen LogP contribution < -0.4 is 10.1 Å². The van der Waals surface area contributed by atoms with E-state index >= 15 is 0 Å². The van der Waals surface area contributed by atoms with Gasteiger partial charge in [-0.25, -0.2) is 4.98 Å². The van der Waals surface area contributed by atoms with Crippen LogP contribution in [0.25, 0.3) is 0 Å². The largest absolute Gasteiger partial charge is 0.496 e. The number of para-hydroxylation sites is 1. The average molecular weight is 304 g/mol. The molecule has 0 atom stereocenters. The van der Waals surface area contributed by atoms with E-state index in [2.05, 4.69) is 24.1 Å². The van der Waals surface area contributed by atoms with Crippen molar-refractivity contribution >= 4 is 17.2 Å². The van der Waals surface area contributed by atoms with Crippen molar-refractivity contribution in [1.82, 2.24) is 10.3 Å². The summed E-state index contributed by atoms with van der Waals surface area (Å²) in [5, 5.41) is 3.99. The molecule has 0 aliphatic rings. The molecule has 2 rings (SSSR count). The first-order valence-corrected chi connectivity index (χ1v) is 7.83. The standard InChI is InChI=1S/C16H20N2O2S/c1-4-13-11(2)21-15(18-13)9-10-17-16(19)12-7-5-6-8-14(12)20-3/h5-8H,4,9-10H2,1-3H3,(H,17,19). The molecule has 112 valence electrons. The van der Waals surface area contributed by atoms with Gasteiger partial charge in [0.05, 0.1) is 23.4 Å². The van der Waals surface area contributed by atoms with Crippen molar-refractivity contribution in [3.63, 3.8) is 0 Å². The lowest BCUT2D eigenvalue weighted by Gasteiger charge is -2.08. The molecule has 0 spiro atoms. The van der Waals surface area contributed by atoms with Crippen molar-refractivity contribution in [2.24, 2.45) is 0 Å². The van der Waals surface area contributed by atoms with E-state index in [0.717, 1.165) is 23.5 Å². The number of methoxy groups -OCH3 is 1. The maximum Gasteiger partial charge on any atom is 0.255 e. The number of rotatable bonds is 6. The van der Waals surface area contributed by atoms with Gasteiger partial charge in [-0.1, -0.05) is 19.1 Å². The van der Waals surface area contributed by atoms with E-state index in [-0.39, 0.29) is 5.91 Å². The number of hydrogen-bond donors (Lipinski definition) is 1. The van der Waals surface area contributed by atoms with Crippen LogP contribution in [0.15, 0.2) is 24.3 Å². The fourth-order valence-corrected chi connectivity index (χ4v) is 3.15. The molecule has 0 saturated carbocycles. The molecule has 0 saturated heterocycles. The third kappa shape index (κ3) is 3.82. The minimum absolute atomic E-state index is 0.114. The van der Waals surface area contributed by atoms with E-state index in [1.165, 1.54) is 4.88 Å². The molecule has 2 aromatic rings. The second-order valence-corrected chi connectivity index (χ2v) is 5.96. The SMILES string of the molecule is CCc1nc(CCNC(=O)c2ccccc2OC)sc1C. The summed E-state index contributed by atoms with van der Waals surface area (Å²) in [6.07, 6.45) is 1.71. The third-order valence-corrected chi connectivity index (χ3v) is 4.32. The number of thiazole rings is 1. The van der Waals surface area contributed by atoms with Crippen molar-refractivity contribution in [1.29, 1.82) is 0 Å². The van der Waals surface area contributed by atoms with Crippen molar-refractivity contribution in [2.75, 3.05) is 13.7 Å². The van der Waals surface area contributed by atoms with Crippen LogP contribution in [0.4, 0.5) is 0 Å². The van der Waals surface area contributed by atoms with Crippen molar-refractivity contribution in [3.8, 4) is 5.75 Å². The number of nitrogens with one attached hydrogen (secondary N) is 1. The lowest BCUT2D eigenvalue weighted by Crippen LogP contribution is -2.26. The van der Waals surface area contributed by atoms with Gasteiger partial charge in [0.1, 0.15) is 5.75 Å². The molecule has 1 aromatic heterocycles. The Hall–Kier alpha value is -1.88. The third-order valence-electron chi connectivity index (χ3n) is 3.25. The summed E-state index contributed by atoms with van der Waals surface area (Å²) in [7, 11) is 1.57. The highest BCUT2D eigenvalue weighted by atomic mass is 32.1. The molecule has 0 bridgehead atoms. The van der Waals surface area contributed by atoms with E-state index in [4.69, 9.17) is 4.74 Å². The Morgan fingerprint density at radius 2 is 2.14 bits per heavy atom. The van der Waals surface area contributed by atoms with Gasteiger partial charge in [-0.05, 0) is 25.5 Å². The maximum atomic E-state index is 12.1. The molecular formula is C16H20N2O2S. The number of aryl methyl sites for hydroxylation is 2. The molecule has 1 amide bonds. The average Bonchev–Trinajstić information content (AvgIpc) is 2.87. The van der Waals surface area contributed by atoms with Crippen LogP contribution in [0, 0.1) is 6.92 Å². The van der Waals surface area contributed by atoms with Gasteiger partial charge in [0.2, 0.25) is 0 Å². The molecule has 1 N–H and O–H groups in total. The number of carbonyl (C=O) groups excluding carboxylic acids is 1. The quantitative estimate of drug-likeness (QED) is 0.892. The zero-order chi connectivity index (χ0) is 15.2. The lowest BCUT2D eigenvalue weighted by molar-refractivity contribution is 0.0951. The predicted octanol–water partition coefficient (Wildman–Crippen LogP) is 3.00. The summed E-state index contributed by atoms with van der Waals surface area (Å²) in [4.78, 5) is 18.0. The van der Waals surface area contributed by atoms with Gasteiger partial charge in [-0.2, -0.15) is 0 Å². The summed E-state index contributed by atoms with van der Waals surface area (Å²) < 4.78 is 5.19. The smallest absolute Gasteiger partial charge is 0.255 e. The second-order valence-electron chi connectivity index (χ2n) is 4.67. The summed E-state index contributed by atoms with van der Waals surface area (Å²) in [5.41, 5.74) is 1.72. The maximum absolute atomic E-state index is 12.1. The number of amides is 1. The fraction of sp³-hybridized carbons (Fsp3) is 0.375. The molecule has 21 heavy (non-hydrogen) atoms. The summed E-state index contributed by atoms with van der Waals surface area (Å²) in [6.45, 7) is 4.77.